The van der Waals surface area contributed by atoms with Crippen LogP contribution in [-0.4, -0.2) is 0 Å². The normalized spacial score (nSPS) is 9.63. The Bertz CT molecular complexity index is 515. The van der Waals surface area contributed by atoms with Crippen molar-refractivity contribution in [2.45, 2.75) is 0 Å². The molecule has 0 saturated carbocycles. The van der Waals surface area contributed by atoms with Gasteiger partial charge in [0.25, 0.3) is 0 Å². The molecule has 0 atom stereocenters. The topological polar surface area (TPSA) is 0 Å². The molecule has 0 spiro atoms. The van der Waals surface area contributed by atoms with Crippen molar-refractivity contribution in [3.63, 3.8) is 0 Å². The van der Waals surface area contributed by atoms with E-state index >= 15 is 0 Å². The molecule has 0 radical (unpaired) electrons. The van der Waals surface area contributed by atoms with Gasteiger partial charge in [0.05, 0.1) is 6.33 Å². The van der Waals surface area contributed by atoms with Crippen molar-refractivity contribution in [2.24, 2.45) is 0 Å². The van der Waals surface area contributed by atoms with Crippen LogP contribution in [-0.2, 0) is 0 Å². The van der Waals surface area contributed by atoms with Crippen LogP contribution in [0.3, 0.4) is 0 Å². The van der Waals surface area contributed by atoms with Gasteiger partial charge in [0.2, 0.25) is 0 Å². The minimum absolute atomic E-state index is 0.284. The molecule has 0 fully saturated rings. The van der Waals surface area contributed by atoms with Gasteiger partial charge in [-0.25, -0.2) is 4.39 Å². The molecule has 0 bridgehead atoms. The van der Waals surface area contributed by atoms with E-state index in [0.29, 0.717) is 6.33 Å². The molecule has 0 aliphatic rings. The fraction of sp³-hybridized carbons (Fsp3) is 0. The van der Waals surface area contributed by atoms with E-state index in [0.717, 1.165) is 11.1 Å². The monoisotopic (exact) mass is 294 g/mol. The Balaban J connectivity index is 0.000000191. The fourth-order valence-electron chi connectivity index (χ4n) is 1.31. The third-order valence-corrected chi connectivity index (χ3v) is 2.35. The first-order chi connectivity index (χ1) is 9.22. The molecular weight excluding hydrogens is 282 g/mol. The Morgan fingerprint density at radius 3 is 1.68 bits per heavy atom. The second-order valence-electron chi connectivity index (χ2n) is 3.55. The number of hydrogen-bond acceptors (Lipinski definition) is 0. The van der Waals surface area contributed by atoms with Crippen molar-refractivity contribution in [3.8, 4) is 0 Å². The summed E-state index contributed by atoms with van der Waals surface area (Å²) in [5.41, 5.74) is 1.91. The molecule has 98 valence electrons. The largest absolute Gasteiger partial charge is 0.216 e. The van der Waals surface area contributed by atoms with Gasteiger partial charge < -0.3 is 0 Å². The molecule has 2 rings (SSSR count). The highest BCUT2D eigenvalue weighted by molar-refractivity contribution is 6.57. The fourth-order valence-corrected chi connectivity index (χ4v) is 1.56. The molecule has 3 heteroatoms. The van der Waals surface area contributed by atoms with E-state index in [-0.39, 0.29) is 4.49 Å². The third-order valence-electron chi connectivity index (χ3n) is 2.13. The second-order valence-corrected chi connectivity index (χ2v) is 4.56. The van der Waals surface area contributed by atoms with Gasteiger partial charge in [0.15, 0.2) is 0 Å². The molecule has 2 aromatic carbocycles. The molecule has 2 aromatic rings. The molecule has 0 heterocycles. The molecule has 0 unspecified atom stereocenters. The van der Waals surface area contributed by atoms with E-state index in [2.05, 4.69) is 0 Å². The van der Waals surface area contributed by atoms with E-state index in [1.807, 2.05) is 60.7 Å². The van der Waals surface area contributed by atoms with Gasteiger partial charge in [0, 0.05) is 0 Å². The second kappa shape index (κ2) is 9.37. The summed E-state index contributed by atoms with van der Waals surface area (Å²) >= 11 is 10.9. The smallest absolute Gasteiger partial charge is 0.107 e. The van der Waals surface area contributed by atoms with Gasteiger partial charge in [-0.1, -0.05) is 83.9 Å². The first kappa shape index (κ1) is 15.5. The van der Waals surface area contributed by atoms with Crippen LogP contribution in [0.25, 0.3) is 12.2 Å². The van der Waals surface area contributed by atoms with Gasteiger partial charge in [-0.15, -0.1) is 0 Å². The molecule has 0 aliphatic heterocycles. The predicted octanol–water partition coefficient (Wildman–Crippen LogP) is 6.09. The zero-order chi connectivity index (χ0) is 13.9. The summed E-state index contributed by atoms with van der Waals surface area (Å²) in [7, 11) is 0. The summed E-state index contributed by atoms with van der Waals surface area (Å²) in [5.74, 6) is 0. The van der Waals surface area contributed by atoms with Crippen molar-refractivity contribution in [3.05, 3.63) is 82.6 Å². The lowest BCUT2D eigenvalue weighted by Crippen LogP contribution is -1.67. The molecule has 0 saturated heterocycles. The lowest BCUT2D eigenvalue weighted by molar-refractivity contribution is 0.727. The van der Waals surface area contributed by atoms with Crippen LogP contribution in [0.1, 0.15) is 11.1 Å². The molecule has 19 heavy (non-hydrogen) atoms. The van der Waals surface area contributed by atoms with E-state index in [1.165, 1.54) is 6.08 Å². The summed E-state index contributed by atoms with van der Waals surface area (Å²) in [6.45, 7) is 0. The highest BCUT2D eigenvalue weighted by Crippen LogP contribution is 2.12. The predicted molar refractivity (Wildman–Crippen MR) is 82.7 cm³/mol. The van der Waals surface area contributed by atoms with Crippen molar-refractivity contribution >= 4 is 35.4 Å². The number of halogens is 3. The van der Waals surface area contributed by atoms with E-state index in [9.17, 15) is 4.39 Å². The van der Waals surface area contributed by atoms with Gasteiger partial charge in [-0.2, -0.15) is 0 Å². The van der Waals surface area contributed by atoms with Crippen molar-refractivity contribution < 1.29 is 4.39 Å². The van der Waals surface area contributed by atoms with Crippen molar-refractivity contribution in [1.29, 1.82) is 0 Å². The van der Waals surface area contributed by atoms with E-state index < -0.39 is 0 Å². The Labute approximate surface area is 122 Å². The zero-order valence-electron chi connectivity index (χ0n) is 10.1. The van der Waals surface area contributed by atoms with E-state index in [4.69, 9.17) is 23.2 Å². The summed E-state index contributed by atoms with van der Waals surface area (Å²) in [6, 6.07) is 19.0. The molecule has 0 aromatic heterocycles. The SMILES string of the molecule is ClC(Cl)=Cc1ccccc1.FC=Cc1ccccc1. The lowest BCUT2D eigenvalue weighted by atomic mass is 10.2. The first-order valence-electron chi connectivity index (χ1n) is 5.62. The Morgan fingerprint density at radius 2 is 1.26 bits per heavy atom. The zero-order valence-corrected chi connectivity index (χ0v) is 11.7. The van der Waals surface area contributed by atoms with Gasteiger partial charge in [0.1, 0.15) is 4.49 Å². The van der Waals surface area contributed by atoms with Gasteiger partial charge in [-0.05, 0) is 23.3 Å². The number of rotatable bonds is 2. The first-order valence-corrected chi connectivity index (χ1v) is 6.37. The van der Waals surface area contributed by atoms with Crippen LogP contribution >= 0.6 is 23.2 Å². The van der Waals surface area contributed by atoms with Crippen molar-refractivity contribution in [1.82, 2.24) is 0 Å². The van der Waals surface area contributed by atoms with Crippen LogP contribution in [0, 0.1) is 0 Å². The van der Waals surface area contributed by atoms with Crippen LogP contribution in [0.15, 0.2) is 71.5 Å². The Kier molecular flexibility index (Phi) is 7.64. The van der Waals surface area contributed by atoms with Crippen LogP contribution < -0.4 is 0 Å². The molecular formula is C16H13Cl2F. The van der Waals surface area contributed by atoms with Crippen molar-refractivity contribution in [2.75, 3.05) is 0 Å². The highest BCUT2D eigenvalue weighted by atomic mass is 35.5. The van der Waals surface area contributed by atoms with Gasteiger partial charge in [-0.3, -0.25) is 0 Å². The maximum Gasteiger partial charge on any atom is 0.107 e. The Morgan fingerprint density at radius 1 is 0.789 bits per heavy atom. The quantitative estimate of drug-likeness (QED) is 0.629. The molecule has 0 N–H and O–H groups in total. The summed E-state index contributed by atoms with van der Waals surface area (Å²) < 4.78 is 11.8. The average molecular weight is 295 g/mol. The minimum Gasteiger partial charge on any atom is -0.216 e. The molecule has 0 nitrogen and oxygen atoms in total. The highest BCUT2D eigenvalue weighted by Gasteiger charge is 1.85. The number of benzene rings is 2. The summed E-state index contributed by atoms with van der Waals surface area (Å²) in [5, 5.41) is 0. The minimum atomic E-state index is 0.284. The standard InChI is InChI=1S/C8H6Cl2.C8H7F/c9-8(10)6-7-4-2-1-3-5-7;9-7-6-8-4-2-1-3-5-8/h1-6H;1-7H. The summed E-state index contributed by atoms with van der Waals surface area (Å²) in [6.07, 6.45) is 3.65. The molecule has 0 aliphatic carbocycles. The lowest BCUT2D eigenvalue weighted by Gasteiger charge is -1.88. The maximum atomic E-state index is 11.5. The third kappa shape index (κ3) is 7.45. The van der Waals surface area contributed by atoms with Crippen LogP contribution in [0.4, 0.5) is 4.39 Å². The van der Waals surface area contributed by atoms with Crippen LogP contribution in [0.2, 0.25) is 0 Å². The average Bonchev–Trinajstić information content (AvgIpc) is 2.41. The van der Waals surface area contributed by atoms with Crippen LogP contribution in [0.5, 0.6) is 0 Å². The maximum absolute atomic E-state index is 11.5. The van der Waals surface area contributed by atoms with Gasteiger partial charge >= 0.3 is 0 Å². The number of hydrogen-bond donors (Lipinski definition) is 0. The van der Waals surface area contributed by atoms with E-state index in [1.54, 1.807) is 6.08 Å². The molecule has 0 amide bonds. The Hall–Kier alpha value is -1.57. The summed E-state index contributed by atoms with van der Waals surface area (Å²) in [4.78, 5) is 0.